The van der Waals surface area contributed by atoms with Crippen LogP contribution in [0, 0.1) is 6.92 Å². The van der Waals surface area contributed by atoms with Gasteiger partial charge in [0, 0.05) is 13.1 Å². The van der Waals surface area contributed by atoms with Gasteiger partial charge >= 0.3 is 0 Å². The van der Waals surface area contributed by atoms with Crippen LogP contribution in [0.3, 0.4) is 0 Å². The third-order valence-corrected chi connectivity index (χ3v) is 5.38. The van der Waals surface area contributed by atoms with Gasteiger partial charge in [-0.1, -0.05) is 46.8 Å². The fourth-order valence-electron chi connectivity index (χ4n) is 2.88. The molecular weight excluding hydrogens is 364 g/mol. The standard InChI is InChI=1S/C18H20N6O2S/c1-13-2-4-14(5-3-13)10-24-17-16(21-22-24)18(20-12-19-17)27-11-15(25)23-6-8-26-9-7-23/h2-5,12H,6-11H2,1H3. The van der Waals surface area contributed by atoms with Gasteiger partial charge in [0.15, 0.2) is 11.2 Å². The molecule has 0 radical (unpaired) electrons. The second-order valence-electron chi connectivity index (χ2n) is 6.37. The molecule has 8 nitrogen and oxygen atoms in total. The summed E-state index contributed by atoms with van der Waals surface area (Å²) < 4.78 is 7.05. The molecule has 0 aliphatic carbocycles. The van der Waals surface area contributed by atoms with Gasteiger partial charge in [0.2, 0.25) is 5.91 Å². The van der Waals surface area contributed by atoms with E-state index in [0.717, 1.165) is 5.56 Å². The second kappa shape index (κ2) is 8.01. The molecule has 1 aromatic carbocycles. The van der Waals surface area contributed by atoms with Crippen molar-refractivity contribution in [1.29, 1.82) is 0 Å². The summed E-state index contributed by atoms with van der Waals surface area (Å²) in [6.07, 6.45) is 1.50. The molecule has 27 heavy (non-hydrogen) atoms. The van der Waals surface area contributed by atoms with Crippen LogP contribution in [-0.2, 0) is 16.1 Å². The highest BCUT2D eigenvalue weighted by Gasteiger charge is 2.19. The van der Waals surface area contributed by atoms with E-state index < -0.39 is 0 Å². The molecular formula is C18H20N6O2S. The highest BCUT2D eigenvalue weighted by molar-refractivity contribution is 8.00. The van der Waals surface area contributed by atoms with Crippen LogP contribution < -0.4 is 0 Å². The summed E-state index contributed by atoms with van der Waals surface area (Å²) in [4.78, 5) is 22.8. The summed E-state index contributed by atoms with van der Waals surface area (Å²) in [7, 11) is 0. The number of benzene rings is 1. The molecule has 0 unspecified atom stereocenters. The fraction of sp³-hybridized carbons (Fsp3) is 0.389. The number of aryl methyl sites for hydroxylation is 1. The van der Waals surface area contributed by atoms with Gasteiger partial charge in [-0.3, -0.25) is 4.79 Å². The lowest BCUT2D eigenvalue weighted by molar-refractivity contribution is -0.132. The van der Waals surface area contributed by atoms with Gasteiger partial charge in [-0.2, -0.15) is 0 Å². The average Bonchev–Trinajstić information content (AvgIpc) is 3.12. The number of fused-ring (bicyclic) bond motifs is 1. The Hall–Kier alpha value is -2.52. The minimum atomic E-state index is 0.0853. The lowest BCUT2D eigenvalue weighted by Crippen LogP contribution is -2.41. The Kier molecular flexibility index (Phi) is 5.30. The molecule has 0 N–H and O–H groups in total. The normalized spacial score (nSPS) is 14.6. The molecule has 4 rings (SSSR count). The molecule has 1 aliphatic heterocycles. The fourth-order valence-corrected chi connectivity index (χ4v) is 3.72. The van der Waals surface area contributed by atoms with Crippen molar-refractivity contribution in [3.05, 3.63) is 41.7 Å². The first-order valence-corrected chi connectivity index (χ1v) is 9.77. The minimum Gasteiger partial charge on any atom is -0.378 e. The molecule has 3 heterocycles. The van der Waals surface area contributed by atoms with Crippen LogP contribution >= 0.6 is 11.8 Å². The van der Waals surface area contributed by atoms with Crippen molar-refractivity contribution in [1.82, 2.24) is 29.9 Å². The highest BCUT2D eigenvalue weighted by atomic mass is 32.2. The van der Waals surface area contributed by atoms with Gasteiger partial charge in [-0.05, 0) is 12.5 Å². The maximum Gasteiger partial charge on any atom is 0.233 e. The topological polar surface area (TPSA) is 86.0 Å². The summed E-state index contributed by atoms with van der Waals surface area (Å²) in [6.45, 7) is 5.13. The number of carbonyl (C=O) groups excluding carboxylic acids is 1. The molecule has 1 aliphatic rings. The molecule has 1 fully saturated rings. The van der Waals surface area contributed by atoms with Crippen LogP contribution in [0.2, 0.25) is 0 Å². The Morgan fingerprint density at radius 1 is 1.19 bits per heavy atom. The van der Waals surface area contributed by atoms with Crippen molar-refractivity contribution in [2.24, 2.45) is 0 Å². The summed E-state index contributed by atoms with van der Waals surface area (Å²) in [5.74, 6) is 0.402. The van der Waals surface area contributed by atoms with Gasteiger partial charge in [-0.25, -0.2) is 14.6 Å². The number of hydrogen-bond acceptors (Lipinski definition) is 7. The Bertz CT molecular complexity index is 937. The van der Waals surface area contributed by atoms with Gasteiger partial charge < -0.3 is 9.64 Å². The van der Waals surface area contributed by atoms with Crippen molar-refractivity contribution >= 4 is 28.8 Å². The number of aromatic nitrogens is 5. The smallest absolute Gasteiger partial charge is 0.233 e. The zero-order valence-corrected chi connectivity index (χ0v) is 15.9. The second-order valence-corrected chi connectivity index (χ2v) is 7.33. The van der Waals surface area contributed by atoms with E-state index in [1.165, 1.54) is 23.7 Å². The average molecular weight is 384 g/mol. The van der Waals surface area contributed by atoms with Gasteiger partial charge in [0.1, 0.15) is 11.4 Å². The Labute approximate surface area is 160 Å². The first-order valence-electron chi connectivity index (χ1n) is 8.79. The number of carbonyl (C=O) groups is 1. The van der Waals surface area contributed by atoms with Gasteiger partial charge in [0.25, 0.3) is 0 Å². The zero-order chi connectivity index (χ0) is 18.6. The van der Waals surface area contributed by atoms with Gasteiger partial charge in [-0.15, -0.1) is 5.10 Å². The SMILES string of the molecule is Cc1ccc(Cn2nnc3c(SCC(=O)N4CCOCC4)ncnc32)cc1. The lowest BCUT2D eigenvalue weighted by Gasteiger charge is -2.26. The molecule has 9 heteroatoms. The van der Waals surface area contributed by atoms with Crippen molar-refractivity contribution < 1.29 is 9.53 Å². The highest BCUT2D eigenvalue weighted by Crippen LogP contribution is 2.23. The van der Waals surface area contributed by atoms with E-state index in [1.54, 1.807) is 4.68 Å². The number of rotatable bonds is 5. The molecule has 2 aromatic heterocycles. The van der Waals surface area contributed by atoms with Crippen LogP contribution in [0.5, 0.6) is 0 Å². The molecule has 3 aromatic rings. The van der Waals surface area contributed by atoms with E-state index in [2.05, 4.69) is 51.5 Å². The van der Waals surface area contributed by atoms with Crippen molar-refractivity contribution in [3.63, 3.8) is 0 Å². The maximum absolute atomic E-state index is 12.3. The Balaban J connectivity index is 1.48. The van der Waals surface area contributed by atoms with E-state index >= 15 is 0 Å². The Morgan fingerprint density at radius 2 is 1.96 bits per heavy atom. The lowest BCUT2D eigenvalue weighted by atomic mass is 10.1. The van der Waals surface area contributed by atoms with Crippen LogP contribution in [-0.4, -0.2) is 67.8 Å². The Morgan fingerprint density at radius 3 is 2.74 bits per heavy atom. The number of hydrogen-bond donors (Lipinski definition) is 0. The van der Waals surface area contributed by atoms with Crippen LogP contribution in [0.4, 0.5) is 0 Å². The zero-order valence-electron chi connectivity index (χ0n) is 15.0. The van der Waals surface area contributed by atoms with Crippen molar-refractivity contribution in [2.45, 2.75) is 18.5 Å². The largest absolute Gasteiger partial charge is 0.378 e. The number of thioether (sulfide) groups is 1. The third kappa shape index (κ3) is 4.09. The van der Waals surface area contributed by atoms with Gasteiger partial charge in [0.05, 0.1) is 25.5 Å². The summed E-state index contributed by atoms with van der Waals surface area (Å²) in [5.41, 5.74) is 3.65. The number of amides is 1. The molecule has 0 bridgehead atoms. The van der Waals surface area contributed by atoms with E-state index in [1.807, 2.05) is 4.90 Å². The molecule has 1 saturated heterocycles. The number of nitrogens with zero attached hydrogens (tertiary/aromatic N) is 6. The molecule has 140 valence electrons. The predicted octanol–water partition coefficient (Wildman–Crippen LogP) is 1.53. The van der Waals surface area contributed by atoms with E-state index in [0.29, 0.717) is 54.8 Å². The molecule has 0 saturated carbocycles. The third-order valence-electron chi connectivity index (χ3n) is 4.42. The first-order chi connectivity index (χ1) is 13.2. The van der Waals surface area contributed by atoms with Crippen LogP contribution in [0.1, 0.15) is 11.1 Å². The van der Waals surface area contributed by atoms with Crippen LogP contribution in [0.15, 0.2) is 35.6 Å². The minimum absolute atomic E-state index is 0.0853. The van der Waals surface area contributed by atoms with Crippen molar-refractivity contribution in [2.75, 3.05) is 32.1 Å². The van der Waals surface area contributed by atoms with Crippen LogP contribution in [0.25, 0.3) is 11.2 Å². The van der Waals surface area contributed by atoms with Crippen molar-refractivity contribution in [3.8, 4) is 0 Å². The first kappa shape index (κ1) is 17.9. The maximum atomic E-state index is 12.3. The molecule has 1 amide bonds. The summed E-state index contributed by atoms with van der Waals surface area (Å²) in [5, 5.41) is 9.15. The predicted molar refractivity (Wildman–Crippen MR) is 102 cm³/mol. The quantitative estimate of drug-likeness (QED) is 0.487. The number of ether oxygens (including phenoxy) is 1. The summed E-state index contributed by atoms with van der Waals surface area (Å²) in [6, 6.07) is 8.28. The van der Waals surface area contributed by atoms with E-state index in [-0.39, 0.29) is 5.91 Å². The molecule has 0 atom stereocenters. The summed E-state index contributed by atoms with van der Waals surface area (Å²) >= 11 is 1.37. The molecule has 0 spiro atoms. The monoisotopic (exact) mass is 384 g/mol. The van der Waals surface area contributed by atoms with E-state index in [4.69, 9.17) is 4.74 Å². The van der Waals surface area contributed by atoms with E-state index in [9.17, 15) is 4.79 Å². The number of morpholine rings is 1.